The number of esters is 1. The summed E-state index contributed by atoms with van der Waals surface area (Å²) in [6, 6.07) is 5.60. The molecule has 1 aromatic carbocycles. The molecule has 0 unspecified atom stereocenters. The highest BCUT2D eigenvalue weighted by Crippen LogP contribution is 2.34. The smallest absolute Gasteiger partial charge is 0.309 e. The molecular formula is C18H25N2O5+. The van der Waals surface area contributed by atoms with E-state index in [1.807, 2.05) is 25.1 Å². The van der Waals surface area contributed by atoms with Crippen molar-refractivity contribution in [2.45, 2.75) is 25.8 Å². The Labute approximate surface area is 147 Å². The number of ether oxygens (including phenoxy) is 3. The maximum Gasteiger partial charge on any atom is 0.309 e. The van der Waals surface area contributed by atoms with Crippen molar-refractivity contribution in [3.05, 3.63) is 23.8 Å². The Morgan fingerprint density at radius 1 is 1.28 bits per heavy atom. The Hall–Kier alpha value is -2.28. The zero-order valence-electron chi connectivity index (χ0n) is 14.7. The number of nitrogens with one attached hydrogen (secondary N) is 2. The maximum atomic E-state index is 12.3. The van der Waals surface area contributed by atoms with Crippen LogP contribution in [0.25, 0.3) is 0 Å². The van der Waals surface area contributed by atoms with Crippen molar-refractivity contribution in [3.63, 3.8) is 0 Å². The number of benzene rings is 1. The second-order valence-corrected chi connectivity index (χ2v) is 6.63. The minimum Gasteiger partial charge on any atom is -0.469 e. The predicted octanol–water partition coefficient (Wildman–Crippen LogP) is 0.0604. The lowest BCUT2D eigenvalue weighted by Crippen LogP contribution is -3.14. The van der Waals surface area contributed by atoms with Gasteiger partial charge in [-0.1, -0.05) is 6.07 Å². The standard InChI is InChI=1S/C18H24N2O5/c1-12(14-3-4-15-16(9-14)25-11-24-15)19-17(21)10-20-7-5-13(6-8-20)18(22)23-2/h3-4,9,12-13H,5-8,10-11H2,1-2H3,(H,19,21)/p+1/t12-/m0/s1. The monoisotopic (exact) mass is 349 g/mol. The summed E-state index contributed by atoms with van der Waals surface area (Å²) >= 11 is 0. The Morgan fingerprint density at radius 3 is 2.72 bits per heavy atom. The summed E-state index contributed by atoms with van der Waals surface area (Å²) in [5, 5.41) is 3.03. The number of carbonyl (C=O) groups is 2. The number of hydrogen-bond donors (Lipinski definition) is 2. The molecule has 7 nitrogen and oxygen atoms in total. The molecule has 0 saturated carbocycles. The minimum atomic E-state index is -0.139. The first-order chi connectivity index (χ1) is 12.1. The number of fused-ring (bicyclic) bond motifs is 1. The Kier molecular flexibility index (Phi) is 5.43. The predicted molar refractivity (Wildman–Crippen MR) is 89.4 cm³/mol. The average molecular weight is 349 g/mol. The van der Waals surface area contributed by atoms with E-state index in [0.717, 1.165) is 37.2 Å². The van der Waals surface area contributed by atoms with E-state index in [1.54, 1.807) is 0 Å². The van der Waals surface area contributed by atoms with Gasteiger partial charge < -0.3 is 24.4 Å². The molecule has 1 amide bonds. The molecule has 0 aromatic heterocycles. The Morgan fingerprint density at radius 2 is 2.00 bits per heavy atom. The molecular weight excluding hydrogens is 324 g/mol. The third-order valence-electron chi connectivity index (χ3n) is 4.91. The molecule has 1 saturated heterocycles. The van der Waals surface area contributed by atoms with Gasteiger partial charge in [-0.15, -0.1) is 0 Å². The number of methoxy groups -OCH3 is 1. The molecule has 0 radical (unpaired) electrons. The van der Waals surface area contributed by atoms with Gasteiger partial charge in [-0.25, -0.2) is 0 Å². The molecule has 0 aliphatic carbocycles. The normalized spacial score (nSPS) is 23.0. The average Bonchev–Trinajstić information content (AvgIpc) is 3.09. The molecule has 0 spiro atoms. The topological polar surface area (TPSA) is 78.3 Å². The third kappa shape index (κ3) is 4.22. The highest BCUT2D eigenvalue weighted by Gasteiger charge is 2.29. The fourth-order valence-electron chi connectivity index (χ4n) is 3.39. The number of carbonyl (C=O) groups excluding carboxylic acids is 2. The van der Waals surface area contributed by atoms with Crippen LogP contribution in [0, 0.1) is 5.92 Å². The highest BCUT2D eigenvalue weighted by atomic mass is 16.7. The molecule has 7 heteroatoms. The molecule has 136 valence electrons. The first-order valence-electron chi connectivity index (χ1n) is 8.67. The van der Waals surface area contributed by atoms with Crippen molar-refractivity contribution >= 4 is 11.9 Å². The fourth-order valence-corrected chi connectivity index (χ4v) is 3.39. The number of likely N-dealkylation sites (tertiary alicyclic amines) is 1. The zero-order valence-corrected chi connectivity index (χ0v) is 14.7. The van der Waals surface area contributed by atoms with Crippen molar-refractivity contribution in [2.24, 2.45) is 5.92 Å². The van der Waals surface area contributed by atoms with Gasteiger partial charge in [0, 0.05) is 12.8 Å². The number of quaternary nitrogens is 1. The molecule has 1 fully saturated rings. The van der Waals surface area contributed by atoms with Crippen molar-refractivity contribution in [3.8, 4) is 11.5 Å². The van der Waals surface area contributed by atoms with E-state index in [9.17, 15) is 9.59 Å². The molecule has 3 rings (SSSR count). The van der Waals surface area contributed by atoms with E-state index in [0.29, 0.717) is 12.3 Å². The van der Waals surface area contributed by atoms with Crippen LogP contribution >= 0.6 is 0 Å². The first-order valence-corrected chi connectivity index (χ1v) is 8.67. The van der Waals surface area contributed by atoms with E-state index in [4.69, 9.17) is 14.2 Å². The van der Waals surface area contributed by atoms with Crippen LogP contribution < -0.4 is 19.7 Å². The van der Waals surface area contributed by atoms with E-state index >= 15 is 0 Å². The van der Waals surface area contributed by atoms with E-state index in [-0.39, 0.29) is 30.6 Å². The van der Waals surface area contributed by atoms with Gasteiger partial charge in [0.2, 0.25) is 6.79 Å². The number of rotatable bonds is 5. The summed E-state index contributed by atoms with van der Waals surface area (Å²) < 4.78 is 15.5. The van der Waals surface area contributed by atoms with E-state index in [2.05, 4.69) is 5.32 Å². The van der Waals surface area contributed by atoms with Crippen LogP contribution in [0.2, 0.25) is 0 Å². The molecule has 2 N–H and O–H groups in total. The van der Waals surface area contributed by atoms with Gasteiger partial charge in [-0.05, 0) is 24.6 Å². The van der Waals surface area contributed by atoms with Crippen LogP contribution in [-0.4, -0.2) is 45.4 Å². The SMILES string of the molecule is COC(=O)C1CC[NH+](CC(=O)N[C@@H](C)c2ccc3c(c2)OCO3)CC1. The number of amides is 1. The van der Waals surface area contributed by atoms with Crippen molar-refractivity contribution in [1.29, 1.82) is 0 Å². The van der Waals surface area contributed by atoms with Crippen molar-refractivity contribution < 1.29 is 28.7 Å². The quantitative estimate of drug-likeness (QED) is 0.735. The summed E-state index contributed by atoms with van der Waals surface area (Å²) in [6.07, 6.45) is 1.54. The lowest BCUT2D eigenvalue weighted by atomic mass is 9.97. The van der Waals surface area contributed by atoms with Gasteiger partial charge in [0.15, 0.2) is 18.0 Å². The van der Waals surface area contributed by atoms with Gasteiger partial charge in [0.1, 0.15) is 0 Å². The van der Waals surface area contributed by atoms with E-state index < -0.39 is 0 Å². The second-order valence-electron chi connectivity index (χ2n) is 6.63. The van der Waals surface area contributed by atoms with E-state index in [1.165, 1.54) is 12.0 Å². The lowest BCUT2D eigenvalue weighted by molar-refractivity contribution is -0.897. The molecule has 1 atom stereocenters. The van der Waals surface area contributed by atoms with Gasteiger partial charge in [-0.3, -0.25) is 9.59 Å². The molecule has 1 aromatic rings. The zero-order chi connectivity index (χ0) is 17.8. The highest BCUT2D eigenvalue weighted by molar-refractivity contribution is 5.77. The van der Waals surface area contributed by atoms with Gasteiger partial charge in [0.25, 0.3) is 5.91 Å². The molecule has 25 heavy (non-hydrogen) atoms. The first kappa shape index (κ1) is 17.5. The molecule has 2 aliphatic rings. The molecule has 2 aliphatic heterocycles. The molecule has 0 bridgehead atoms. The van der Waals surface area contributed by atoms with Gasteiger partial charge in [-0.2, -0.15) is 0 Å². The second kappa shape index (κ2) is 7.74. The Bertz CT molecular complexity index is 640. The summed E-state index contributed by atoms with van der Waals surface area (Å²) in [7, 11) is 1.42. The fraction of sp³-hybridized carbons (Fsp3) is 0.556. The van der Waals surface area contributed by atoms with Crippen LogP contribution in [-0.2, 0) is 14.3 Å². The van der Waals surface area contributed by atoms with Crippen molar-refractivity contribution in [1.82, 2.24) is 5.32 Å². The summed E-state index contributed by atoms with van der Waals surface area (Å²) in [5.41, 5.74) is 0.983. The summed E-state index contributed by atoms with van der Waals surface area (Å²) in [4.78, 5) is 25.1. The summed E-state index contributed by atoms with van der Waals surface area (Å²) in [5.74, 6) is 1.30. The number of piperidine rings is 1. The third-order valence-corrected chi connectivity index (χ3v) is 4.91. The van der Waals surface area contributed by atoms with Crippen LogP contribution in [0.5, 0.6) is 11.5 Å². The van der Waals surface area contributed by atoms with Crippen LogP contribution in [0.4, 0.5) is 0 Å². The minimum absolute atomic E-state index is 0.0108. The summed E-state index contributed by atoms with van der Waals surface area (Å²) in [6.45, 7) is 4.23. The van der Waals surface area contributed by atoms with Gasteiger partial charge in [0.05, 0.1) is 32.2 Å². The largest absolute Gasteiger partial charge is 0.469 e. The lowest BCUT2D eigenvalue weighted by Gasteiger charge is -2.27. The maximum absolute atomic E-state index is 12.3. The van der Waals surface area contributed by atoms with Crippen LogP contribution in [0.15, 0.2) is 18.2 Å². The number of hydrogen-bond acceptors (Lipinski definition) is 5. The Balaban J connectivity index is 1.47. The van der Waals surface area contributed by atoms with Crippen molar-refractivity contribution in [2.75, 3.05) is 33.5 Å². The molecule has 2 heterocycles. The van der Waals surface area contributed by atoms with Crippen LogP contribution in [0.3, 0.4) is 0 Å². The van der Waals surface area contributed by atoms with Gasteiger partial charge >= 0.3 is 5.97 Å². The van der Waals surface area contributed by atoms with Crippen LogP contribution in [0.1, 0.15) is 31.4 Å².